The molecule has 1 aromatic carbocycles. The third-order valence-electron chi connectivity index (χ3n) is 7.78. The summed E-state index contributed by atoms with van der Waals surface area (Å²) in [5.74, 6) is 0.917. The summed E-state index contributed by atoms with van der Waals surface area (Å²) in [6.45, 7) is 4.60. The first-order valence-electron chi connectivity index (χ1n) is 14.1. The molecule has 1 saturated heterocycles. The second-order valence-corrected chi connectivity index (χ2v) is 11.3. The number of rotatable bonds is 9. The highest BCUT2D eigenvalue weighted by Gasteiger charge is 2.31. The van der Waals surface area contributed by atoms with Gasteiger partial charge in [0.25, 0.3) is 5.91 Å². The standard InChI is InChI=1S/C29H41N3O6/c1-19(2)15-23(31-28(35)21-11-12-25-26(16-21)38-18-37-25)29(36)30-22-9-6-14-32(17-24(22)33)27(34)13-10-20-7-4-3-5-8-20/h11-12,16,19-20,22-23H,3-10,13-15,17-18H2,1-2H3,(H,30,36)(H,31,35)/t22?,23-/m0/s1. The Kier molecular flexibility index (Phi) is 9.63. The van der Waals surface area contributed by atoms with Gasteiger partial charge in [-0.25, -0.2) is 0 Å². The monoisotopic (exact) mass is 527 g/mol. The normalized spacial score (nSPS) is 20.7. The lowest BCUT2D eigenvalue weighted by molar-refractivity contribution is -0.136. The topological polar surface area (TPSA) is 114 Å². The molecule has 1 aliphatic carbocycles. The Morgan fingerprint density at radius 2 is 1.79 bits per heavy atom. The molecule has 3 amide bonds. The minimum absolute atomic E-state index is 0.0207. The van der Waals surface area contributed by atoms with Crippen molar-refractivity contribution in [3.8, 4) is 11.5 Å². The van der Waals surface area contributed by atoms with E-state index in [1.807, 2.05) is 13.8 Å². The number of fused-ring (bicyclic) bond motifs is 1. The van der Waals surface area contributed by atoms with Gasteiger partial charge >= 0.3 is 0 Å². The number of Topliss-reactive ketones (excluding diaryl/α,β-unsaturated/α-hetero) is 1. The lowest BCUT2D eigenvalue weighted by Crippen LogP contribution is -2.52. The van der Waals surface area contributed by atoms with Gasteiger partial charge in [0, 0.05) is 18.5 Å². The summed E-state index contributed by atoms with van der Waals surface area (Å²) in [7, 11) is 0. The van der Waals surface area contributed by atoms with Gasteiger partial charge in [-0.05, 0) is 55.7 Å². The highest BCUT2D eigenvalue weighted by molar-refractivity contribution is 5.99. The van der Waals surface area contributed by atoms with Gasteiger partial charge in [0.2, 0.25) is 18.6 Å². The number of benzene rings is 1. The van der Waals surface area contributed by atoms with E-state index in [0.29, 0.717) is 55.2 Å². The number of nitrogens with one attached hydrogen (secondary N) is 2. The van der Waals surface area contributed by atoms with Gasteiger partial charge in [-0.15, -0.1) is 0 Å². The first-order chi connectivity index (χ1) is 18.3. The molecule has 208 valence electrons. The zero-order valence-electron chi connectivity index (χ0n) is 22.6. The molecule has 0 spiro atoms. The largest absolute Gasteiger partial charge is 0.454 e. The average Bonchev–Trinajstić information content (AvgIpc) is 3.30. The summed E-state index contributed by atoms with van der Waals surface area (Å²) < 4.78 is 10.7. The third-order valence-corrected chi connectivity index (χ3v) is 7.78. The van der Waals surface area contributed by atoms with E-state index in [4.69, 9.17) is 9.47 Å². The number of nitrogens with zero attached hydrogens (tertiary/aromatic N) is 1. The van der Waals surface area contributed by atoms with Crippen molar-refractivity contribution in [2.24, 2.45) is 11.8 Å². The molecule has 38 heavy (non-hydrogen) atoms. The Balaban J connectivity index is 1.32. The van der Waals surface area contributed by atoms with Crippen LogP contribution in [0, 0.1) is 11.8 Å². The van der Waals surface area contributed by atoms with Crippen LogP contribution in [0.1, 0.15) is 88.4 Å². The van der Waals surface area contributed by atoms with E-state index in [9.17, 15) is 19.2 Å². The van der Waals surface area contributed by atoms with Crippen molar-refractivity contribution >= 4 is 23.5 Å². The average molecular weight is 528 g/mol. The van der Waals surface area contributed by atoms with Gasteiger partial charge < -0.3 is 25.0 Å². The molecule has 2 heterocycles. The van der Waals surface area contributed by atoms with E-state index in [1.54, 1.807) is 23.1 Å². The Morgan fingerprint density at radius 1 is 1.03 bits per heavy atom. The van der Waals surface area contributed by atoms with Gasteiger partial charge in [0.1, 0.15) is 6.04 Å². The number of carbonyl (C=O) groups is 4. The minimum atomic E-state index is -0.794. The zero-order valence-corrected chi connectivity index (χ0v) is 22.6. The molecule has 2 aliphatic heterocycles. The number of likely N-dealkylation sites (tertiary alicyclic amines) is 1. The van der Waals surface area contributed by atoms with E-state index in [-0.39, 0.29) is 36.9 Å². The first-order valence-corrected chi connectivity index (χ1v) is 14.1. The molecule has 1 saturated carbocycles. The van der Waals surface area contributed by atoms with E-state index < -0.39 is 18.0 Å². The van der Waals surface area contributed by atoms with Crippen molar-refractivity contribution in [3.63, 3.8) is 0 Å². The molecule has 2 N–H and O–H groups in total. The molecule has 3 aliphatic rings. The van der Waals surface area contributed by atoms with E-state index in [2.05, 4.69) is 10.6 Å². The number of ketones is 1. The Morgan fingerprint density at radius 3 is 2.55 bits per heavy atom. The Bertz CT molecular complexity index is 1020. The van der Waals surface area contributed by atoms with Crippen molar-refractivity contribution in [1.82, 2.24) is 15.5 Å². The summed E-state index contributed by atoms with van der Waals surface area (Å²) >= 11 is 0. The van der Waals surface area contributed by atoms with Crippen LogP contribution in [-0.2, 0) is 14.4 Å². The Hall–Kier alpha value is -3.10. The molecule has 9 heteroatoms. The van der Waals surface area contributed by atoms with Gasteiger partial charge in [-0.3, -0.25) is 19.2 Å². The lowest BCUT2D eigenvalue weighted by atomic mass is 9.86. The molecule has 2 atom stereocenters. The third kappa shape index (κ3) is 7.48. The number of amides is 3. The second-order valence-electron chi connectivity index (χ2n) is 11.3. The quantitative estimate of drug-likeness (QED) is 0.507. The van der Waals surface area contributed by atoms with Crippen LogP contribution in [0.5, 0.6) is 11.5 Å². The summed E-state index contributed by atoms with van der Waals surface area (Å²) in [5.41, 5.74) is 0.365. The molecule has 0 bridgehead atoms. The molecule has 0 radical (unpaired) electrons. The van der Waals surface area contributed by atoms with E-state index in [0.717, 1.165) is 6.42 Å². The molecule has 4 rings (SSSR count). The molecule has 1 unspecified atom stereocenters. The highest BCUT2D eigenvalue weighted by atomic mass is 16.7. The van der Waals surface area contributed by atoms with E-state index in [1.165, 1.54) is 32.1 Å². The maximum absolute atomic E-state index is 13.2. The highest BCUT2D eigenvalue weighted by Crippen LogP contribution is 2.32. The maximum atomic E-state index is 13.2. The smallest absolute Gasteiger partial charge is 0.252 e. The predicted molar refractivity (Wildman–Crippen MR) is 142 cm³/mol. The summed E-state index contributed by atoms with van der Waals surface area (Å²) in [5, 5.41) is 5.70. The van der Waals surface area contributed by atoms with Crippen molar-refractivity contribution in [1.29, 1.82) is 0 Å². The van der Waals surface area contributed by atoms with Gasteiger partial charge in [-0.1, -0.05) is 46.0 Å². The predicted octanol–water partition coefficient (Wildman–Crippen LogP) is 3.60. The number of hydrogen-bond acceptors (Lipinski definition) is 6. The fourth-order valence-corrected chi connectivity index (χ4v) is 5.61. The van der Waals surface area contributed by atoms with Crippen LogP contribution in [0.15, 0.2) is 18.2 Å². The van der Waals surface area contributed by atoms with Gasteiger partial charge in [-0.2, -0.15) is 0 Å². The molecular weight excluding hydrogens is 486 g/mol. The minimum Gasteiger partial charge on any atom is -0.454 e. The molecular formula is C29H41N3O6. The van der Waals surface area contributed by atoms with Gasteiger partial charge in [0.05, 0.1) is 12.6 Å². The van der Waals surface area contributed by atoms with Crippen LogP contribution in [0.3, 0.4) is 0 Å². The van der Waals surface area contributed by atoms with Crippen molar-refractivity contribution < 1.29 is 28.7 Å². The summed E-state index contributed by atoms with van der Waals surface area (Å²) in [6.07, 6.45) is 9.10. The van der Waals surface area contributed by atoms with Crippen LogP contribution in [0.25, 0.3) is 0 Å². The molecule has 2 fully saturated rings. The molecule has 9 nitrogen and oxygen atoms in total. The molecule has 0 aromatic heterocycles. The van der Waals surface area contributed by atoms with Crippen LogP contribution in [0.4, 0.5) is 0 Å². The Labute approximate surface area is 225 Å². The van der Waals surface area contributed by atoms with Crippen LogP contribution in [-0.4, -0.2) is 60.4 Å². The van der Waals surface area contributed by atoms with Crippen LogP contribution >= 0.6 is 0 Å². The van der Waals surface area contributed by atoms with Crippen molar-refractivity contribution in [2.75, 3.05) is 19.9 Å². The van der Waals surface area contributed by atoms with Crippen molar-refractivity contribution in [3.05, 3.63) is 23.8 Å². The number of carbonyl (C=O) groups excluding carboxylic acids is 4. The van der Waals surface area contributed by atoms with Crippen LogP contribution < -0.4 is 20.1 Å². The zero-order chi connectivity index (χ0) is 27.1. The molecule has 1 aromatic rings. The van der Waals surface area contributed by atoms with Gasteiger partial charge in [0.15, 0.2) is 17.3 Å². The fraction of sp³-hybridized carbons (Fsp3) is 0.655. The number of ether oxygens (including phenoxy) is 2. The summed E-state index contributed by atoms with van der Waals surface area (Å²) in [6, 6.07) is 3.42. The van der Waals surface area contributed by atoms with E-state index >= 15 is 0 Å². The first kappa shape index (κ1) is 27.9. The summed E-state index contributed by atoms with van der Waals surface area (Å²) in [4.78, 5) is 53.7. The maximum Gasteiger partial charge on any atom is 0.252 e. The second kappa shape index (κ2) is 13.1. The number of hydrogen-bond donors (Lipinski definition) is 2. The SMILES string of the molecule is CC(C)C[C@H](NC(=O)c1ccc2c(c1)OCO2)C(=O)NC1CCCN(C(=O)CCC2CCCCC2)CC1=O. The lowest BCUT2D eigenvalue weighted by Gasteiger charge is -2.24. The van der Waals surface area contributed by atoms with Crippen LogP contribution in [0.2, 0.25) is 0 Å². The fourth-order valence-electron chi connectivity index (χ4n) is 5.61. The van der Waals surface area contributed by atoms with Crippen molar-refractivity contribution in [2.45, 2.75) is 90.1 Å².